The van der Waals surface area contributed by atoms with Crippen molar-refractivity contribution in [1.82, 2.24) is 9.29 Å². The second-order valence-corrected chi connectivity index (χ2v) is 11.7. The number of ether oxygens (including phenoxy) is 1. The summed E-state index contributed by atoms with van der Waals surface area (Å²) < 4.78 is 33.3. The first-order chi connectivity index (χ1) is 15.9. The summed E-state index contributed by atoms with van der Waals surface area (Å²) in [5, 5.41) is 1.57. The lowest BCUT2D eigenvalue weighted by atomic mass is 10.0. The number of hydrogen-bond donors (Lipinski definition) is 0. The Balaban J connectivity index is 1.77. The predicted molar refractivity (Wildman–Crippen MR) is 129 cm³/mol. The van der Waals surface area contributed by atoms with Gasteiger partial charge >= 0.3 is 5.97 Å². The molecule has 1 aliphatic heterocycles. The SMILES string of the molecule is CC(C)CC(CC(=O)OC(C)C)N(C)S(=O)(=O)c1ccc(CC2(C)N=c3ccncc3=N2)cc1. The number of hydrogen-bond acceptors (Lipinski definition) is 7. The van der Waals surface area contributed by atoms with E-state index >= 15 is 0 Å². The number of benzene rings is 1. The molecule has 0 saturated heterocycles. The highest BCUT2D eigenvalue weighted by Crippen LogP contribution is 2.25. The Morgan fingerprint density at radius 2 is 1.71 bits per heavy atom. The number of esters is 1. The summed E-state index contributed by atoms with van der Waals surface area (Å²) in [6, 6.07) is 8.14. The molecule has 0 saturated carbocycles. The number of fused-ring (bicyclic) bond motifs is 1. The van der Waals surface area contributed by atoms with Gasteiger partial charge in [0.1, 0.15) is 5.36 Å². The average Bonchev–Trinajstić information content (AvgIpc) is 3.07. The van der Waals surface area contributed by atoms with Crippen molar-refractivity contribution >= 4 is 16.0 Å². The van der Waals surface area contributed by atoms with Gasteiger partial charge in [0, 0.05) is 25.7 Å². The van der Waals surface area contributed by atoms with E-state index in [1.807, 2.05) is 26.8 Å². The maximum Gasteiger partial charge on any atom is 0.307 e. The van der Waals surface area contributed by atoms with Crippen molar-refractivity contribution in [2.24, 2.45) is 15.9 Å². The molecule has 0 radical (unpaired) electrons. The number of carbonyl (C=O) groups is 1. The Bertz CT molecular complexity index is 1210. The van der Waals surface area contributed by atoms with Gasteiger partial charge < -0.3 is 4.74 Å². The van der Waals surface area contributed by atoms with Crippen LogP contribution in [0.1, 0.15) is 53.0 Å². The van der Waals surface area contributed by atoms with E-state index < -0.39 is 27.7 Å². The van der Waals surface area contributed by atoms with E-state index in [0.29, 0.717) is 12.8 Å². The molecule has 3 rings (SSSR count). The zero-order chi connectivity index (χ0) is 25.1. The predicted octanol–water partition coefficient (Wildman–Crippen LogP) is 2.67. The Morgan fingerprint density at radius 3 is 2.29 bits per heavy atom. The monoisotopic (exact) mass is 486 g/mol. The first-order valence-corrected chi connectivity index (χ1v) is 13.0. The van der Waals surface area contributed by atoms with Crippen molar-refractivity contribution in [2.75, 3.05) is 7.05 Å². The van der Waals surface area contributed by atoms with Crippen LogP contribution in [0.25, 0.3) is 0 Å². The molecule has 1 aliphatic rings. The van der Waals surface area contributed by atoms with Gasteiger partial charge in [-0.3, -0.25) is 19.8 Å². The Morgan fingerprint density at radius 1 is 1.06 bits per heavy atom. The largest absolute Gasteiger partial charge is 0.463 e. The van der Waals surface area contributed by atoms with Crippen LogP contribution >= 0.6 is 0 Å². The van der Waals surface area contributed by atoms with E-state index in [1.54, 1.807) is 50.5 Å². The molecule has 2 aromatic rings. The summed E-state index contributed by atoms with van der Waals surface area (Å²) in [6.07, 6.45) is 4.24. The number of sulfonamides is 1. The lowest BCUT2D eigenvalue weighted by Gasteiger charge is -2.28. The lowest BCUT2D eigenvalue weighted by molar-refractivity contribution is -0.148. The van der Waals surface area contributed by atoms with Crippen molar-refractivity contribution < 1.29 is 17.9 Å². The van der Waals surface area contributed by atoms with E-state index in [2.05, 4.69) is 9.98 Å². The molecule has 0 aliphatic carbocycles. The van der Waals surface area contributed by atoms with Gasteiger partial charge in [-0.15, -0.1) is 0 Å². The Labute approximate surface area is 201 Å². The summed E-state index contributed by atoms with van der Waals surface area (Å²) in [5.41, 5.74) is 0.276. The maximum atomic E-state index is 13.4. The van der Waals surface area contributed by atoms with Crippen LogP contribution in [0.5, 0.6) is 0 Å². The van der Waals surface area contributed by atoms with Gasteiger partial charge in [-0.05, 0) is 56.9 Å². The minimum atomic E-state index is -3.79. The molecule has 2 heterocycles. The molecule has 184 valence electrons. The summed E-state index contributed by atoms with van der Waals surface area (Å²) in [5.74, 6) is -0.178. The van der Waals surface area contributed by atoms with Gasteiger partial charge in [-0.2, -0.15) is 4.31 Å². The lowest BCUT2D eigenvalue weighted by Crippen LogP contribution is -2.39. The second kappa shape index (κ2) is 10.3. The van der Waals surface area contributed by atoms with Gasteiger partial charge in [-0.1, -0.05) is 26.0 Å². The van der Waals surface area contributed by atoms with E-state index in [1.165, 1.54) is 11.4 Å². The van der Waals surface area contributed by atoms with E-state index in [9.17, 15) is 13.2 Å². The fraction of sp³-hybridized carbons (Fsp3) is 0.520. The molecule has 34 heavy (non-hydrogen) atoms. The number of nitrogens with zero attached hydrogens (tertiary/aromatic N) is 4. The summed E-state index contributed by atoms with van der Waals surface area (Å²) in [4.78, 5) is 25.9. The number of carbonyl (C=O) groups excluding carboxylic acids is 1. The fourth-order valence-electron chi connectivity index (χ4n) is 4.12. The molecule has 0 N–H and O–H groups in total. The molecule has 0 spiro atoms. The van der Waals surface area contributed by atoms with E-state index in [0.717, 1.165) is 16.3 Å². The number of pyridine rings is 1. The molecule has 1 aromatic carbocycles. The standard InChI is InChI=1S/C25H34N4O4S/c1-17(2)13-20(14-24(30)33-18(3)4)29(6)34(31,32)21-9-7-19(8-10-21)15-25(5)27-22-11-12-26-16-23(22)28-25/h7-12,16-18,20H,13-15H2,1-6H3. The molecule has 2 unspecified atom stereocenters. The summed E-state index contributed by atoms with van der Waals surface area (Å²) in [7, 11) is -2.26. The first-order valence-electron chi connectivity index (χ1n) is 11.6. The Kier molecular flexibility index (Phi) is 7.88. The van der Waals surface area contributed by atoms with E-state index in [-0.39, 0.29) is 23.3 Å². The number of aromatic nitrogens is 1. The third kappa shape index (κ3) is 6.27. The van der Waals surface area contributed by atoms with Crippen molar-refractivity contribution in [2.45, 2.75) is 76.6 Å². The molecule has 0 fully saturated rings. The average molecular weight is 487 g/mol. The third-order valence-corrected chi connectivity index (χ3v) is 7.59. The zero-order valence-electron chi connectivity index (χ0n) is 20.7. The van der Waals surface area contributed by atoms with Crippen LogP contribution in [0.2, 0.25) is 0 Å². The van der Waals surface area contributed by atoms with Gasteiger partial charge in [-0.25, -0.2) is 8.42 Å². The van der Waals surface area contributed by atoms with Crippen LogP contribution in [0.3, 0.4) is 0 Å². The quantitative estimate of drug-likeness (QED) is 0.481. The van der Waals surface area contributed by atoms with Crippen LogP contribution in [0, 0.1) is 5.92 Å². The van der Waals surface area contributed by atoms with Gasteiger partial charge in [0.25, 0.3) is 0 Å². The van der Waals surface area contributed by atoms with Gasteiger partial charge in [0.15, 0.2) is 5.66 Å². The van der Waals surface area contributed by atoms with Crippen LogP contribution in [-0.4, -0.2) is 48.5 Å². The summed E-state index contributed by atoms with van der Waals surface area (Å²) in [6.45, 7) is 9.51. The molecule has 8 nitrogen and oxygen atoms in total. The smallest absolute Gasteiger partial charge is 0.307 e. The molecule has 0 amide bonds. The Hall–Kier alpha value is -2.65. The molecular weight excluding hydrogens is 452 g/mol. The van der Waals surface area contributed by atoms with Crippen molar-refractivity contribution in [1.29, 1.82) is 0 Å². The minimum Gasteiger partial charge on any atom is -0.463 e. The molecule has 1 aromatic heterocycles. The third-order valence-electron chi connectivity index (χ3n) is 5.67. The normalized spacial score (nSPS) is 18.5. The summed E-state index contributed by atoms with van der Waals surface area (Å²) >= 11 is 0. The minimum absolute atomic E-state index is 0.0148. The van der Waals surface area contributed by atoms with Gasteiger partial charge in [0.05, 0.1) is 29.0 Å². The fourth-order valence-corrected chi connectivity index (χ4v) is 5.48. The van der Waals surface area contributed by atoms with Crippen LogP contribution < -0.4 is 10.7 Å². The van der Waals surface area contributed by atoms with E-state index in [4.69, 9.17) is 9.73 Å². The highest BCUT2D eigenvalue weighted by molar-refractivity contribution is 7.89. The number of rotatable bonds is 10. The van der Waals surface area contributed by atoms with Crippen LogP contribution in [-0.2, 0) is 26.0 Å². The molecule has 0 bridgehead atoms. The molecular formula is C25H34N4O4S. The first kappa shape index (κ1) is 26.0. The topological polar surface area (TPSA) is 101 Å². The highest BCUT2D eigenvalue weighted by atomic mass is 32.2. The zero-order valence-corrected chi connectivity index (χ0v) is 21.5. The second-order valence-electron chi connectivity index (χ2n) is 9.67. The van der Waals surface area contributed by atoms with Crippen molar-refractivity contribution in [3.05, 3.63) is 59.0 Å². The maximum absolute atomic E-state index is 13.4. The van der Waals surface area contributed by atoms with Crippen LogP contribution in [0.15, 0.2) is 57.6 Å². The highest BCUT2D eigenvalue weighted by Gasteiger charge is 2.31. The molecule has 9 heteroatoms. The van der Waals surface area contributed by atoms with Crippen molar-refractivity contribution in [3.8, 4) is 0 Å². The van der Waals surface area contributed by atoms with Crippen LogP contribution in [0.4, 0.5) is 0 Å². The van der Waals surface area contributed by atoms with Gasteiger partial charge in [0.2, 0.25) is 10.0 Å². The van der Waals surface area contributed by atoms with Crippen molar-refractivity contribution in [3.63, 3.8) is 0 Å². The molecule has 2 atom stereocenters.